The van der Waals surface area contributed by atoms with Crippen LogP contribution in [0, 0.1) is 0 Å². The van der Waals surface area contributed by atoms with E-state index in [1.807, 2.05) is 39.0 Å². The number of hydrogen-bond donors (Lipinski definition) is 0. The summed E-state index contributed by atoms with van der Waals surface area (Å²) in [5.74, 6) is 0.681. The van der Waals surface area contributed by atoms with Gasteiger partial charge in [-0.05, 0) is 61.2 Å². The zero-order chi connectivity index (χ0) is 24.6. The highest BCUT2D eigenvalue weighted by molar-refractivity contribution is 7.91. The Morgan fingerprint density at radius 1 is 1.27 bits per heavy atom. The van der Waals surface area contributed by atoms with E-state index in [0.717, 1.165) is 27.6 Å². The lowest BCUT2D eigenvalue weighted by Crippen LogP contribution is -2.39. The molecule has 0 bridgehead atoms. The molecule has 1 aromatic rings. The van der Waals surface area contributed by atoms with Gasteiger partial charge in [0.1, 0.15) is 5.82 Å². The maximum Gasteiger partial charge on any atom is 0.274 e. The summed E-state index contributed by atoms with van der Waals surface area (Å²) in [6.07, 6.45) is 5.11. The largest absolute Gasteiger partial charge is 0.457 e. The standard InChI is InChI=1S/C24H32N4O3S2/c1-8-10-21-26-15-19(20(9-2)28(21)25-7)24(6)16-27(22(32)31-24)33(29,30)18-13-11-17(12-14-18)23(3,4)5/h10-15H,7-9,16H2,1-6H3/b21-10-. The fraction of sp³-hybridized carbons (Fsp3) is 0.458. The Balaban J connectivity index is 1.98. The molecule has 9 heteroatoms. The molecular weight excluding hydrogens is 456 g/mol. The minimum Gasteiger partial charge on any atom is -0.457 e. The molecule has 1 fully saturated rings. The molecule has 178 valence electrons. The molecule has 2 aliphatic heterocycles. The van der Waals surface area contributed by atoms with Crippen LogP contribution in [-0.2, 0) is 20.2 Å². The molecule has 7 nitrogen and oxygen atoms in total. The summed E-state index contributed by atoms with van der Waals surface area (Å²) in [5, 5.41) is 5.74. The molecule has 1 saturated heterocycles. The van der Waals surface area contributed by atoms with Crippen LogP contribution in [0.5, 0.6) is 0 Å². The van der Waals surface area contributed by atoms with Gasteiger partial charge in [0.2, 0.25) is 0 Å². The normalized spacial score (nSPS) is 22.8. The minimum absolute atomic E-state index is 0.0395. The van der Waals surface area contributed by atoms with E-state index in [-0.39, 0.29) is 22.0 Å². The number of sulfonamides is 1. The van der Waals surface area contributed by atoms with Crippen LogP contribution in [0.15, 0.2) is 62.4 Å². The summed E-state index contributed by atoms with van der Waals surface area (Å²) in [5.41, 5.74) is 1.54. The molecule has 1 atom stereocenters. The van der Waals surface area contributed by atoms with Crippen LogP contribution in [0.1, 0.15) is 59.9 Å². The number of ether oxygens (including phenoxy) is 1. The first-order valence-electron chi connectivity index (χ1n) is 11.0. The van der Waals surface area contributed by atoms with Crippen LogP contribution in [0.25, 0.3) is 0 Å². The van der Waals surface area contributed by atoms with E-state index < -0.39 is 15.6 Å². The van der Waals surface area contributed by atoms with Crippen molar-refractivity contribution in [2.75, 3.05) is 6.54 Å². The predicted molar refractivity (Wildman–Crippen MR) is 137 cm³/mol. The van der Waals surface area contributed by atoms with Crippen molar-refractivity contribution < 1.29 is 13.2 Å². The van der Waals surface area contributed by atoms with Crippen molar-refractivity contribution in [2.45, 2.75) is 70.3 Å². The summed E-state index contributed by atoms with van der Waals surface area (Å²) >= 11 is 5.39. The highest BCUT2D eigenvalue weighted by Crippen LogP contribution is 2.38. The Hall–Kier alpha value is -2.52. The second-order valence-corrected chi connectivity index (χ2v) is 11.5. The molecule has 0 radical (unpaired) electrons. The average molecular weight is 489 g/mol. The van der Waals surface area contributed by atoms with E-state index in [4.69, 9.17) is 17.0 Å². The molecule has 0 aromatic heterocycles. The lowest BCUT2D eigenvalue weighted by Gasteiger charge is -2.33. The first-order chi connectivity index (χ1) is 15.4. The predicted octanol–water partition coefficient (Wildman–Crippen LogP) is 4.97. The van der Waals surface area contributed by atoms with Gasteiger partial charge in [0, 0.05) is 18.5 Å². The van der Waals surface area contributed by atoms with Gasteiger partial charge in [-0.2, -0.15) is 5.10 Å². The molecule has 2 heterocycles. The highest BCUT2D eigenvalue weighted by Gasteiger charge is 2.48. The highest BCUT2D eigenvalue weighted by atomic mass is 32.2. The second-order valence-electron chi connectivity index (χ2n) is 9.28. The van der Waals surface area contributed by atoms with Gasteiger partial charge in [0.15, 0.2) is 5.60 Å². The minimum atomic E-state index is -3.88. The fourth-order valence-electron chi connectivity index (χ4n) is 3.97. The summed E-state index contributed by atoms with van der Waals surface area (Å²) < 4.78 is 34.1. The van der Waals surface area contributed by atoms with Gasteiger partial charge in [-0.3, -0.25) is 0 Å². The molecule has 0 spiro atoms. The van der Waals surface area contributed by atoms with Crippen molar-refractivity contribution in [3.8, 4) is 0 Å². The number of benzene rings is 1. The average Bonchev–Trinajstić information content (AvgIpc) is 3.08. The number of nitrogens with zero attached hydrogens (tertiary/aromatic N) is 4. The molecule has 0 saturated carbocycles. The number of allylic oxidation sites excluding steroid dienone is 2. The molecule has 0 aliphatic carbocycles. The van der Waals surface area contributed by atoms with Gasteiger partial charge in [-0.25, -0.2) is 22.7 Å². The van der Waals surface area contributed by atoms with E-state index in [2.05, 4.69) is 37.6 Å². The lowest BCUT2D eigenvalue weighted by atomic mass is 9.87. The van der Waals surface area contributed by atoms with Crippen LogP contribution >= 0.6 is 12.2 Å². The van der Waals surface area contributed by atoms with Gasteiger partial charge in [0.25, 0.3) is 15.2 Å². The first kappa shape index (κ1) is 25.1. The molecule has 33 heavy (non-hydrogen) atoms. The first-order valence-corrected chi connectivity index (χ1v) is 12.8. The maximum absolute atomic E-state index is 13.4. The third-order valence-corrected chi connectivity index (χ3v) is 7.97. The molecule has 0 N–H and O–H groups in total. The van der Waals surface area contributed by atoms with E-state index in [0.29, 0.717) is 12.2 Å². The molecule has 3 rings (SSSR count). The summed E-state index contributed by atoms with van der Waals surface area (Å²) in [6.45, 7) is 15.8. The van der Waals surface area contributed by atoms with Crippen molar-refractivity contribution in [2.24, 2.45) is 10.1 Å². The molecule has 0 amide bonds. The zero-order valence-electron chi connectivity index (χ0n) is 20.1. The molecule has 1 unspecified atom stereocenters. The van der Waals surface area contributed by atoms with Gasteiger partial charge < -0.3 is 4.74 Å². The Morgan fingerprint density at radius 3 is 2.42 bits per heavy atom. The Labute approximate surface area is 202 Å². The van der Waals surface area contributed by atoms with Crippen LogP contribution < -0.4 is 0 Å². The van der Waals surface area contributed by atoms with Crippen LogP contribution in [0.3, 0.4) is 0 Å². The summed E-state index contributed by atoms with van der Waals surface area (Å²) in [6, 6.07) is 6.93. The van der Waals surface area contributed by atoms with Gasteiger partial charge in [-0.15, -0.1) is 0 Å². The van der Waals surface area contributed by atoms with Crippen molar-refractivity contribution in [1.82, 2.24) is 9.31 Å². The van der Waals surface area contributed by atoms with Crippen molar-refractivity contribution in [3.05, 3.63) is 53.0 Å². The molecule has 1 aromatic carbocycles. The van der Waals surface area contributed by atoms with Crippen molar-refractivity contribution >= 4 is 40.3 Å². The van der Waals surface area contributed by atoms with E-state index in [9.17, 15) is 8.42 Å². The number of rotatable bonds is 6. The molecular formula is C24H32N4O3S2. The number of thiocarbonyl (C=S) groups is 1. The lowest BCUT2D eigenvalue weighted by molar-refractivity contribution is 0.160. The smallest absolute Gasteiger partial charge is 0.274 e. The van der Waals surface area contributed by atoms with Crippen molar-refractivity contribution in [3.63, 3.8) is 0 Å². The maximum atomic E-state index is 13.4. The van der Waals surface area contributed by atoms with Gasteiger partial charge >= 0.3 is 0 Å². The summed E-state index contributed by atoms with van der Waals surface area (Å²) in [7, 11) is -3.88. The second kappa shape index (κ2) is 9.02. The summed E-state index contributed by atoms with van der Waals surface area (Å²) in [4.78, 5) is 4.70. The van der Waals surface area contributed by atoms with Gasteiger partial charge in [-0.1, -0.05) is 46.8 Å². The topological polar surface area (TPSA) is 74.6 Å². The van der Waals surface area contributed by atoms with Crippen molar-refractivity contribution in [1.29, 1.82) is 0 Å². The molecule has 2 aliphatic rings. The SMILES string of the molecule is C=NN1C(CC)=C(C2(C)CN(S(=O)(=O)c3ccc(C(C)(C)C)cc3)C(=S)O2)C=N/C1=C/CC. The van der Waals surface area contributed by atoms with Gasteiger partial charge in [0.05, 0.1) is 17.1 Å². The fourth-order valence-corrected chi connectivity index (χ4v) is 5.89. The monoisotopic (exact) mass is 488 g/mol. The quantitative estimate of drug-likeness (QED) is 0.418. The third kappa shape index (κ3) is 4.61. The Kier molecular flexibility index (Phi) is 6.87. The van der Waals surface area contributed by atoms with Crippen LogP contribution in [-0.4, -0.2) is 48.0 Å². The Morgan fingerprint density at radius 2 is 1.91 bits per heavy atom. The van der Waals surface area contributed by atoms with E-state index in [1.165, 1.54) is 0 Å². The van der Waals surface area contributed by atoms with E-state index in [1.54, 1.807) is 23.4 Å². The Bertz CT molecular complexity index is 1150. The van der Waals surface area contributed by atoms with Crippen LogP contribution in [0.2, 0.25) is 0 Å². The van der Waals surface area contributed by atoms with Crippen LogP contribution in [0.4, 0.5) is 0 Å². The number of hydrogen-bond acceptors (Lipinski definition) is 7. The third-order valence-electron chi connectivity index (χ3n) is 5.81. The number of aliphatic imine (C=N–C) groups is 1. The zero-order valence-corrected chi connectivity index (χ0v) is 21.8. The number of hydrazone groups is 1. The van der Waals surface area contributed by atoms with E-state index >= 15 is 0 Å².